The molecule has 5 heteroatoms. The summed E-state index contributed by atoms with van der Waals surface area (Å²) in [5.74, 6) is 0.00603. The highest BCUT2D eigenvalue weighted by Gasteiger charge is 2.13. The molecule has 0 radical (unpaired) electrons. The third-order valence-corrected chi connectivity index (χ3v) is 3.49. The number of carboxylic acids is 1. The van der Waals surface area contributed by atoms with Crippen molar-refractivity contribution in [3.05, 3.63) is 64.8 Å². The highest BCUT2D eigenvalue weighted by molar-refractivity contribution is 9.10. The lowest BCUT2D eigenvalue weighted by atomic mass is 10.1. The highest BCUT2D eigenvalue weighted by atomic mass is 79.9. The molecule has 0 aliphatic heterocycles. The Bertz CT molecular complexity index is 833. The Hall–Kier alpha value is -2.40. The zero-order valence-corrected chi connectivity index (χ0v) is 12.4. The Morgan fingerprint density at radius 1 is 1.10 bits per heavy atom. The number of carbonyl (C=O) groups is 1. The standard InChI is InChI=1S/C16H10BrNO3/c17-10-4-3-5-11(8-10)21-15-13-7-2-1-6-12(13)14(9-18-15)16(19)20/h1-9H,(H,19,20). The summed E-state index contributed by atoms with van der Waals surface area (Å²) in [5.41, 5.74) is 0.159. The van der Waals surface area contributed by atoms with Gasteiger partial charge in [-0.1, -0.05) is 40.2 Å². The Morgan fingerprint density at radius 2 is 1.86 bits per heavy atom. The number of pyridine rings is 1. The summed E-state index contributed by atoms with van der Waals surface area (Å²) >= 11 is 3.38. The molecule has 0 bridgehead atoms. The number of fused-ring (bicyclic) bond motifs is 1. The normalized spacial score (nSPS) is 10.5. The van der Waals surface area contributed by atoms with Crippen LogP contribution in [0, 0.1) is 0 Å². The summed E-state index contributed by atoms with van der Waals surface area (Å²) < 4.78 is 6.67. The number of carboxylic acid groups (broad SMARTS) is 1. The van der Waals surface area contributed by atoms with E-state index in [-0.39, 0.29) is 5.56 Å². The average molecular weight is 344 g/mol. The van der Waals surface area contributed by atoms with Crippen molar-refractivity contribution < 1.29 is 14.6 Å². The van der Waals surface area contributed by atoms with Crippen LogP contribution in [-0.4, -0.2) is 16.1 Å². The van der Waals surface area contributed by atoms with Gasteiger partial charge in [-0.2, -0.15) is 0 Å². The second kappa shape index (κ2) is 5.54. The van der Waals surface area contributed by atoms with Crippen molar-refractivity contribution in [2.45, 2.75) is 0 Å². The van der Waals surface area contributed by atoms with E-state index in [1.165, 1.54) is 6.20 Å². The number of aromatic nitrogens is 1. The van der Waals surface area contributed by atoms with Gasteiger partial charge in [0, 0.05) is 21.4 Å². The molecule has 1 N–H and O–H groups in total. The number of ether oxygens (including phenoxy) is 1. The van der Waals surface area contributed by atoms with Crippen LogP contribution in [0.25, 0.3) is 10.8 Å². The summed E-state index contributed by atoms with van der Waals surface area (Å²) in [5, 5.41) is 10.5. The van der Waals surface area contributed by atoms with E-state index in [9.17, 15) is 9.90 Å². The molecule has 1 heterocycles. The van der Waals surface area contributed by atoms with E-state index in [2.05, 4.69) is 20.9 Å². The molecule has 0 saturated heterocycles. The number of halogens is 1. The maximum Gasteiger partial charge on any atom is 0.337 e. The molecule has 0 atom stereocenters. The summed E-state index contributed by atoms with van der Waals surface area (Å²) in [6, 6.07) is 14.5. The van der Waals surface area contributed by atoms with Crippen molar-refractivity contribution >= 4 is 32.7 Å². The van der Waals surface area contributed by atoms with Gasteiger partial charge in [0.15, 0.2) is 0 Å². The second-order valence-electron chi connectivity index (χ2n) is 4.39. The molecule has 104 valence electrons. The molecular weight excluding hydrogens is 334 g/mol. The second-order valence-corrected chi connectivity index (χ2v) is 5.30. The van der Waals surface area contributed by atoms with Crippen LogP contribution in [0.2, 0.25) is 0 Å². The van der Waals surface area contributed by atoms with Gasteiger partial charge in [-0.25, -0.2) is 9.78 Å². The lowest BCUT2D eigenvalue weighted by Crippen LogP contribution is -2.00. The third kappa shape index (κ3) is 2.73. The molecular formula is C16H10BrNO3. The smallest absolute Gasteiger partial charge is 0.337 e. The van der Waals surface area contributed by atoms with Crippen molar-refractivity contribution in [3.8, 4) is 11.6 Å². The molecule has 0 saturated carbocycles. The van der Waals surface area contributed by atoms with E-state index < -0.39 is 5.97 Å². The first-order valence-corrected chi connectivity index (χ1v) is 6.99. The zero-order valence-electron chi connectivity index (χ0n) is 10.8. The molecule has 0 aliphatic rings. The SMILES string of the molecule is O=C(O)c1cnc(Oc2cccc(Br)c2)c2ccccc12. The topological polar surface area (TPSA) is 59.4 Å². The molecule has 2 aromatic carbocycles. The summed E-state index contributed by atoms with van der Waals surface area (Å²) in [6.45, 7) is 0. The lowest BCUT2D eigenvalue weighted by Gasteiger charge is -2.09. The van der Waals surface area contributed by atoms with Gasteiger partial charge >= 0.3 is 5.97 Å². The molecule has 21 heavy (non-hydrogen) atoms. The predicted molar refractivity (Wildman–Crippen MR) is 82.9 cm³/mol. The first-order chi connectivity index (χ1) is 10.1. The molecule has 3 aromatic rings. The van der Waals surface area contributed by atoms with Crippen LogP contribution in [0.15, 0.2) is 59.2 Å². The van der Waals surface area contributed by atoms with Crippen molar-refractivity contribution in [1.29, 1.82) is 0 Å². The van der Waals surface area contributed by atoms with Gasteiger partial charge in [0.1, 0.15) is 5.75 Å². The Kier molecular flexibility index (Phi) is 3.58. The van der Waals surface area contributed by atoms with Crippen LogP contribution in [0.4, 0.5) is 0 Å². The van der Waals surface area contributed by atoms with Crippen molar-refractivity contribution in [1.82, 2.24) is 4.98 Å². The number of hydrogen-bond acceptors (Lipinski definition) is 3. The Balaban J connectivity index is 2.12. The maximum absolute atomic E-state index is 11.2. The molecule has 1 aromatic heterocycles. The Morgan fingerprint density at radius 3 is 2.57 bits per heavy atom. The minimum Gasteiger partial charge on any atom is -0.478 e. The molecule has 0 unspecified atom stereocenters. The fourth-order valence-corrected chi connectivity index (χ4v) is 2.44. The van der Waals surface area contributed by atoms with Gasteiger partial charge in [0.05, 0.1) is 5.56 Å². The molecule has 0 fully saturated rings. The summed E-state index contributed by atoms with van der Waals surface area (Å²) in [6.07, 6.45) is 1.32. The number of hydrogen-bond donors (Lipinski definition) is 1. The third-order valence-electron chi connectivity index (χ3n) is 3.00. The van der Waals surface area contributed by atoms with E-state index in [1.54, 1.807) is 18.2 Å². The molecule has 0 amide bonds. The van der Waals surface area contributed by atoms with Gasteiger partial charge in [-0.05, 0) is 24.3 Å². The fourth-order valence-electron chi connectivity index (χ4n) is 2.06. The zero-order chi connectivity index (χ0) is 14.8. The van der Waals surface area contributed by atoms with Gasteiger partial charge in [0.25, 0.3) is 0 Å². The van der Waals surface area contributed by atoms with Gasteiger partial charge in [-0.3, -0.25) is 0 Å². The van der Waals surface area contributed by atoms with E-state index in [0.717, 1.165) is 4.47 Å². The van der Waals surface area contributed by atoms with Crippen LogP contribution in [0.5, 0.6) is 11.6 Å². The van der Waals surface area contributed by atoms with Gasteiger partial charge < -0.3 is 9.84 Å². The number of aromatic carboxylic acids is 1. The van der Waals surface area contributed by atoms with E-state index in [0.29, 0.717) is 22.4 Å². The average Bonchev–Trinajstić information content (AvgIpc) is 2.47. The molecule has 4 nitrogen and oxygen atoms in total. The monoisotopic (exact) mass is 343 g/mol. The first-order valence-electron chi connectivity index (χ1n) is 6.19. The maximum atomic E-state index is 11.2. The van der Waals surface area contributed by atoms with Crippen LogP contribution in [-0.2, 0) is 0 Å². The van der Waals surface area contributed by atoms with Crippen LogP contribution < -0.4 is 4.74 Å². The Labute approximate surface area is 129 Å². The van der Waals surface area contributed by atoms with Crippen LogP contribution in [0.3, 0.4) is 0 Å². The number of rotatable bonds is 3. The number of benzene rings is 2. The number of nitrogens with zero attached hydrogens (tertiary/aromatic N) is 1. The van der Waals surface area contributed by atoms with E-state index in [1.807, 2.05) is 30.3 Å². The quantitative estimate of drug-likeness (QED) is 0.761. The fraction of sp³-hybridized carbons (Fsp3) is 0. The highest BCUT2D eigenvalue weighted by Crippen LogP contribution is 2.30. The van der Waals surface area contributed by atoms with Crippen LogP contribution >= 0.6 is 15.9 Å². The van der Waals surface area contributed by atoms with E-state index in [4.69, 9.17) is 4.74 Å². The minimum absolute atomic E-state index is 0.159. The predicted octanol–water partition coefficient (Wildman–Crippen LogP) is 4.49. The molecule has 0 aliphatic carbocycles. The van der Waals surface area contributed by atoms with Crippen LogP contribution in [0.1, 0.15) is 10.4 Å². The summed E-state index contributed by atoms with van der Waals surface area (Å²) in [7, 11) is 0. The lowest BCUT2D eigenvalue weighted by molar-refractivity contribution is 0.0698. The minimum atomic E-state index is -1.01. The summed E-state index contributed by atoms with van der Waals surface area (Å²) in [4.78, 5) is 15.4. The van der Waals surface area contributed by atoms with Crippen molar-refractivity contribution in [2.75, 3.05) is 0 Å². The van der Waals surface area contributed by atoms with Gasteiger partial charge in [-0.15, -0.1) is 0 Å². The van der Waals surface area contributed by atoms with Crippen molar-refractivity contribution in [3.63, 3.8) is 0 Å². The van der Waals surface area contributed by atoms with E-state index >= 15 is 0 Å². The van der Waals surface area contributed by atoms with Crippen molar-refractivity contribution in [2.24, 2.45) is 0 Å². The largest absolute Gasteiger partial charge is 0.478 e. The van der Waals surface area contributed by atoms with Gasteiger partial charge in [0.2, 0.25) is 5.88 Å². The molecule has 3 rings (SSSR count). The molecule has 0 spiro atoms. The first kappa shape index (κ1) is 13.6.